The first-order chi connectivity index (χ1) is 9.49. The predicted molar refractivity (Wildman–Crippen MR) is 69.1 cm³/mol. The van der Waals surface area contributed by atoms with E-state index in [0.717, 1.165) is 0 Å². The summed E-state index contributed by atoms with van der Waals surface area (Å²) in [6, 6.07) is 0. The number of aliphatic hydroxyl groups is 2. The van der Waals surface area contributed by atoms with Crippen molar-refractivity contribution in [2.45, 2.75) is 60.4 Å². The Morgan fingerprint density at radius 2 is 0.769 bits per heavy atom. The third-order valence-corrected chi connectivity index (χ3v) is 1.50. The highest BCUT2D eigenvalue weighted by Gasteiger charge is 2.68. The van der Waals surface area contributed by atoms with Gasteiger partial charge in [0.2, 0.25) is 0 Å². The maximum atomic E-state index is 12.7. The quantitative estimate of drug-likeness (QED) is 0.422. The SMILES string of the molecule is C.C.C.C.OCC(F)(F)OC(F)(F)OC(F)(F)C(F)(F)OC(F)(F)CO. The number of hydrogen-bond donors (Lipinski definition) is 2. The lowest BCUT2D eigenvalue weighted by Crippen LogP contribution is -2.53. The maximum absolute atomic E-state index is 12.7. The van der Waals surface area contributed by atoms with Crippen molar-refractivity contribution in [2.24, 2.45) is 0 Å². The number of hydrogen-bond acceptors (Lipinski definition) is 5. The highest BCUT2D eigenvalue weighted by atomic mass is 19.3. The molecular weight excluding hydrogens is 402 g/mol. The van der Waals surface area contributed by atoms with Gasteiger partial charge in [0.05, 0.1) is 0 Å². The first-order valence-electron chi connectivity index (χ1n) is 4.70. The lowest BCUT2D eigenvalue weighted by Gasteiger charge is -2.31. The Labute approximate surface area is 143 Å². The van der Waals surface area contributed by atoms with Gasteiger partial charge in [0.15, 0.2) is 0 Å². The second-order valence-electron chi connectivity index (χ2n) is 3.39. The Bertz CT molecular complexity index is 378. The van der Waals surface area contributed by atoms with Crippen LogP contribution in [0.4, 0.5) is 43.9 Å². The van der Waals surface area contributed by atoms with Crippen molar-refractivity contribution >= 4 is 0 Å². The number of aliphatic hydroxyl groups excluding tert-OH is 2. The molecule has 0 saturated heterocycles. The van der Waals surface area contributed by atoms with Crippen LogP contribution in [0.3, 0.4) is 0 Å². The van der Waals surface area contributed by atoms with Crippen LogP contribution in [0.1, 0.15) is 29.7 Å². The van der Waals surface area contributed by atoms with Crippen LogP contribution in [-0.4, -0.2) is 54.2 Å². The molecule has 0 fully saturated rings. The molecule has 0 aromatic heterocycles. The van der Waals surface area contributed by atoms with Crippen LogP contribution in [-0.2, 0) is 14.2 Å². The molecule has 0 radical (unpaired) electrons. The molecule has 0 bridgehead atoms. The summed E-state index contributed by atoms with van der Waals surface area (Å²) in [4.78, 5) is 0. The van der Waals surface area contributed by atoms with Gasteiger partial charge in [-0.3, -0.25) is 0 Å². The van der Waals surface area contributed by atoms with Gasteiger partial charge in [-0.1, -0.05) is 29.7 Å². The van der Waals surface area contributed by atoms with E-state index in [9.17, 15) is 43.9 Å². The monoisotopic (exact) mass is 424 g/mol. The molecule has 0 spiro atoms. The molecule has 0 saturated carbocycles. The van der Waals surface area contributed by atoms with Crippen molar-refractivity contribution in [3.8, 4) is 0 Å². The number of rotatable bonds is 9. The molecule has 166 valence electrons. The molecule has 0 aliphatic rings. The Hall–Kier alpha value is -0.900. The lowest BCUT2D eigenvalue weighted by atomic mass is 10.5. The molecule has 0 unspecified atom stereocenters. The summed E-state index contributed by atoms with van der Waals surface area (Å²) in [5.41, 5.74) is 0. The molecule has 0 aliphatic carbocycles. The summed E-state index contributed by atoms with van der Waals surface area (Å²) in [6.45, 7) is -5.00. The largest absolute Gasteiger partial charge is 0.495 e. The first kappa shape index (κ1) is 36.1. The minimum absolute atomic E-state index is 0. The number of halogens is 10. The molecule has 0 atom stereocenters. The second kappa shape index (κ2) is 11.1. The second-order valence-corrected chi connectivity index (χ2v) is 3.39. The fourth-order valence-corrected chi connectivity index (χ4v) is 0.715. The van der Waals surface area contributed by atoms with Gasteiger partial charge in [-0.15, -0.1) is 8.78 Å². The van der Waals surface area contributed by atoms with Gasteiger partial charge in [-0.05, 0) is 0 Å². The predicted octanol–water partition coefficient (Wildman–Crippen LogP) is 4.49. The summed E-state index contributed by atoms with van der Waals surface area (Å²) < 4.78 is 131. The van der Waals surface area contributed by atoms with E-state index in [1.54, 1.807) is 0 Å². The fraction of sp³-hybridized carbons (Fsp3) is 1.00. The normalized spacial score (nSPS) is 12.9. The van der Waals surface area contributed by atoms with E-state index >= 15 is 0 Å². The minimum Gasteiger partial charge on any atom is -0.387 e. The van der Waals surface area contributed by atoms with E-state index < -0.39 is 43.9 Å². The third-order valence-electron chi connectivity index (χ3n) is 1.50. The highest BCUT2D eigenvalue weighted by Crippen LogP contribution is 2.44. The molecule has 26 heavy (non-hydrogen) atoms. The van der Waals surface area contributed by atoms with E-state index in [-0.39, 0.29) is 29.7 Å². The van der Waals surface area contributed by atoms with Crippen LogP contribution in [0, 0.1) is 0 Å². The maximum Gasteiger partial charge on any atom is 0.495 e. The lowest BCUT2D eigenvalue weighted by molar-refractivity contribution is -0.566. The molecule has 0 heterocycles. The van der Waals surface area contributed by atoms with E-state index in [4.69, 9.17) is 10.2 Å². The standard InChI is InChI=1S/C7H6F10O5.4CH4/c8-3(9,1-18)20-5(12,13)6(14,15)22-7(16,17)21-4(10,11)2-19;;;;/h18-19H,1-2H2;4*1H4. The van der Waals surface area contributed by atoms with Gasteiger partial charge in [0.1, 0.15) is 13.2 Å². The molecule has 0 aromatic carbocycles. The molecule has 2 N–H and O–H groups in total. The van der Waals surface area contributed by atoms with Gasteiger partial charge in [-0.2, -0.15) is 35.1 Å². The van der Waals surface area contributed by atoms with Crippen LogP contribution in [0.2, 0.25) is 0 Å². The summed E-state index contributed by atoms with van der Waals surface area (Å²) in [6.07, 6.45) is -29.6. The van der Waals surface area contributed by atoms with E-state index in [1.165, 1.54) is 0 Å². The molecule has 0 aliphatic heterocycles. The van der Waals surface area contributed by atoms with Crippen LogP contribution < -0.4 is 0 Å². The molecule has 5 nitrogen and oxygen atoms in total. The molecule has 15 heteroatoms. The van der Waals surface area contributed by atoms with Crippen LogP contribution >= 0.6 is 0 Å². The van der Waals surface area contributed by atoms with Gasteiger partial charge in [-0.25, -0.2) is 14.2 Å². The van der Waals surface area contributed by atoms with Crippen LogP contribution in [0.25, 0.3) is 0 Å². The van der Waals surface area contributed by atoms with Gasteiger partial charge < -0.3 is 10.2 Å². The zero-order valence-corrected chi connectivity index (χ0v) is 9.81. The fourth-order valence-electron chi connectivity index (χ4n) is 0.715. The molecule has 0 aromatic rings. The molecule has 0 rings (SSSR count). The van der Waals surface area contributed by atoms with Gasteiger partial charge in [0, 0.05) is 0 Å². The summed E-state index contributed by atoms with van der Waals surface area (Å²) in [7, 11) is 0. The zero-order chi connectivity index (χ0) is 18.0. The van der Waals surface area contributed by atoms with Crippen molar-refractivity contribution in [1.82, 2.24) is 0 Å². The van der Waals surface area contributed by atoms with Gasteiger partial charge in [0.25, 0.3) is 0 Å². The summed E-state index contributed by atoms with van der Waals surface area (Å²) in [5, 5.41) is 15.7. The van der Waals surface area contributed by atoms with Crippen molar-refractivity contribution < 1.29 is 68.3 Å². The van der Waals surface area contributed by atoms with Crippen molar-refractivity contribution in [3.63, 3.8) is 0 Å². The average molecular weight is 424 g/mol. The van der Waals surface area contributed by atoms with Gasteiger partial charge >= 0.3 is 30.7 Å². The third kappa shape index (κ3) is 10.9. The highest BCUT2D eigenvalue weighted by molar-refractivity contribution is 4.70. The molecular formula is C11H22F10O5. The van der Waals surface area contributed by atoms with E-state index in [0.29, 0.717) is 0 Å². The Balaban J connectivity index is -0.000000367. The summed E-state index contributed by atoms with van der Waals surface area (Å²) >= 11 is 0. The Morgan fingerprint density at radius 3 is 1.08 bits per heavy atom. The zero-order valence-electron chi connectivity index (χ0n) is 9.81. The smallest absolute Gasteiger partial charge is 0.387 e. The minimum atomic E-state index is -6.58. The topological polar surface area (TPSA) is 68.2 Å². The van der Waals surface area contributed by atoms with Crippen LogP contribution in [0.15, 0.2) is 0 Å². The van der Waals surface area contributed by atoms with Crippen molar-refractivity contribution in [2.75, 3.05) is 13.2 Å². The average Bonchev–Trinajstić information content (AvgIpc) is 2.24. The van der Waals surface area contributed by atoms with E-state index in [1.807, 2.05) is 4.74 Å². The number of alkyl halides is 10. The Kier molecular flexibility index (Phi) is 15.3. The number of ether oxygens (including phenoxy) is 3. The molecule has 0 amide bonds. The first-order valence-corrected chi connectivity index (χ1v) is 4.70. The van der Waals surface area contributed by atoms with Crippen molar-refractivity contribution in [3.05, 3.63) is 0 Å². The van der Waals surface area contributed by atoms with E-state index in [2.05, 4.69) is 9.47 Å². The Morgan fingerprint density at radius 1 is 0.500 bits per heavy atom. The summed E-state index contributed by atoms with van der Waals surface area (Å²) in [5.74, 6) is 0. The van der Waals surface area contributed by atoms with Crippen LogP contribution in [0.5, 0.6) is 0 Å². The van der Waals surface area contributed by atoms with Crippen molar-refractivity contribution in [1.29, 1.82) is 0 Å².